The van der Waals surface area contributed by atoms with Crippen LogP contribution in [-0.2, 0) is 16.3 Å². The van der Waals surface area contributed by atoms with Gasteiger partial charge in [0.05, 0.1) is 10.9 Å². The normalized spacial score (nSPS) is 16.4. The van der Waals surface area contributed by atoms with E-state index in [4.69, 9.17) is 0 Å². The Morgan fingerprint density at radius 2 is 1.33 bits per heavy atom. The zero-order chi connectivity index (χ0) is 18.0. The van der Waals surface area contributed by atoms with E-state index in [2.05, 4.69) is 0 Å². The van der Waals surface area contributed by atoms with Crippen molar-refractivity contribution in [1.82, 2.24) is 0 Å². The summed E-state index contributed by atoms with van der Waals surface area (Å²) >= 11 is 0. The van der Waals surface area contributed by atoms with Crippen LogP contribution in [0, 0.1) is 0 Å². The monoisotopic (exact) mass is 346 g/mol. The van der Waals surface area contributed by atoms with Crippen molar-refractivity contribution in [2.24, 2.45) is 0 Å². The van der Waals surface area contributed by atoms with E-state index in [0.717, 1.165) is 5.56 Å². The van der Waals surface area contributed by atoms with Crippen LogP contribution in [0.5, 0.6) is 0 Å². The lowest BCUT2D eigenvalue weighted by molar-refractivity contribution is 0.129. The first-order chi connectivity index (χ1) is 11.1. The van der Waals surface area contributed by atoms with Gasteiger partial charge < -0.3 is 5.11 Å². The highest BCUT2D eigenvalue weighted by Gasteiger charge is 2.51. The van der Waals surface area contributed by atoms with Gasteiger partial charge in [0.25, 0.3) is 0 Å². The molecule has 0 aliphatic heterocycles. The van der Waals surface area contributed by atoms with Crippen molar-refractivity contribution in [3.8, 4) is 0 Å². The van der Waals surface area contributed by atoms with Crippen molar-refractivity contribution >= 4 is 9.84 Å². The summed E-state index contributed by atoms with van der Waals surface area (Å²) in [7, 11) is -3.63. The molecule has 0 saturated carbocycles. The molecule has 0 saturated heterocycles. The lowest BCUT2D eigenvalue weighted by Gasteiger charge is -2.39. The molecule has 24 heavy (non-hydrogen) atoms. The second-order valence-electron chi connectivity index (χ2n) is 7.40. The average molecular weight is 346 g/mol. The molecule has 0 amide bonds. The summed E-state index contributed by atoms with van der Waals surface area (Å²) in [6, 6.07) is 18.5. The molecule has 3 nitrogen and oxygen atoms in total. The molecule has 0 unspecified atom stereocenters. The zero-order valence-electron chi connectivity index (χ0n) is 14.7. The lowest BCUT2D eigenvalue weighted by Crippen LogP contribution is -2.51. The van der Waals surface area contributed by atoms with Crippen LogP contribution >= 0.6 is 0 Å². The molecule has 4 heteroatoms. The highest BCUT2D eigenvalue weighted by Crippen LogP contribution is 2.41. The minimum atomic E-state index is -3.63. The van der Waals surface area contributed by atoms with Crippen LogP contribution in [0.2, 0.25) is 0 Å². The van der Waals surface area contributed by atoms with Crippen LogP contribution in [0.1, 0.15) is 44.9 Å². The Bertz CT molecular complexity index is 762. The maximum Gasteiger partial charge on any atom is 0.163 e. The molecule has 0 fully saturated rings. The molecular weight excluding hydrogens is 320 g/mol. The van der Waals surface area contributed by atoms with E-state index in [1.165, 1.54) is 0 Å². The molecule has 130 valence electrons. The average Bonchev–Trinajstić information content (AvgIpc) is 2.54. The Kier molecular flexibility index (Phi) is 5.21. The van der Waals surface area contributed by atoms with E-state index in [1.54, 1.807) is 39.8 Å². The second-order valence-corrected chi connectivity index (χ2v) is 10.6. The van der Waals surface area contributed by atoms with Gasteiger partial charge in [0, 0.05) is 0 Å². The molecule has 0 bridgehead atoms. The van der Waals surface area contributed by atoms with Gasteiger partial charge in [-0.25, -0.2) is 8.42 Å². The molecule has 0 radical (unpaired) electrons. The molecule has 0 aliphatic rings. The number of aliphatic hydroxyl groups is 1. The highest BCUT2D eigenvalue weighted by molar-refractivity contribution is 7.94. The Morgan fingerprint density at radius 3 is 1.79 bits per heavy atom. The van der Waals surface area contributed by atoms with Crippen LogP contribution < -0.4 is 0 Å². The highest BCUT2D eigenvalue weighted by atomic mass is 32.2. The molecule has 2 aromatic carbocycles. The maximum atomic E-state index is 13.3. The van der Waals surface area contributed by atoms with Gasteiger partial charge in [0.15, 0.2) is 9.84 Å². The first kappa shape index (κ1) is 18.7. The Labute approximate surface area is 145 Å². The summed E-state index contributed by atoms with van der Waals surface area (Å²) in [6.07, 6.45) is -0.855. The summed E-state index contributed by atoms with van der Waals surface area (Å²) in [5.41, 5.74) is 1.51. The smallest absolute Gasteiger partial charge is 0.163 e. The van der Waals surface area contributed by atoms with E-state index in [1.807, 2.05) is 48.5 Å². The number of aliphatic hydroxyl groups excluding tert-OH is 1. The van der Waals surface area contributed by atoms with Crippen LogP contribution in [-0.4, -0.2) is 23.0 Å². The SMILES string of the molecule is CC(C)(C)S(=O)(=O)[C@@](C)(Cc1ccccc1)[C@@H](O)c1ccccc1. The van der Waals surface area contributed by atoms with Gasteiger partial charge in [-0.2, -0.15) is 0 Å². The van der Waals surface area contributed by atoms with E-state index < -0.39 is 25.4 Å². The second kappa shape index (κ2) is 6.69. The van der Waals surface area contributed by atoms with Crippen LogP contribution in [0.3, 0.4) is 0 Å². The molecule has 2 atom stereocenters. The molecule has 0 aliphatic carbocycles. The van der Waals surface area contributed by atoms with Gasteiger partial charge in [-0.1, -0.05) is 60.7 Å². The summed E-state index contributed by atoms with van der Waals surface area (Å²) in [5.74, 6) is 0. The summed E-state index contributed by atoms with van der Waals surface area (Å²) in [6.45, 7) is 6.70. The third kappa shape index (κ3) is 3.40. The fraction of sp³-hybridized carbons (Fsp3) is 0.400. The van der Waals surface area contributed by atoms with Gasteiger partial charge in [-0.05, 0) is 45.2 Å². The van der Waals surface area contributed by atoms with E-state index in [-0.39, 0.29) is 6.42 Å². The quantitative estimate of drug-likeness (QED) is 0.892. The molecule has 0 spiro atoms. The van der Waals surface area contributed by atoms with Gasteiger partial charge in [-0.3, -0.25) is 0 Å². The van der Waals surface area contributed by atoms with Crippen molar-refractivity contribution in [2.45, 2.75) is 49.7 Å². The van der Waals surface area contributed by atoms with Crippen LogP contribution in [0.15, 0.2) is 60.7 Å². The molecule has 0 heterocycles. The fourth-order valence-corrected chi connectivity index (χ4v) is 5.21. The Morgan fingerprint density at radius 1 is 0.875 bits per heavy atom. The van der Waals surface area contributed by atoms with Crippen LogP contribution in [0.25, 0.3) is 0 Å². The van der Waals surface area contributed by atoms with Crippen molar-refractivity contribution < 1.29 is 13.5 Å². The van der Waals surface area contributed by atoms with E-state index in [9.17, 15) is 13.5 Å². The fourth-order valence-electron chi connectivity index (χ4n) is 3.03. The first-order valence-corrected chi connectivity index (χ1v) is 9.59. The topological polar surface area (TPSA) is 54.4 Å². The Balaban J connectivity index is 2.57. The molecule has 2 aromatic rings. The van der Waals surface area contributed by atoms with E-state index >= 15 is 0 Å². The third-order valence-electron chi connectivity index (χ3n) is 4.51. The largest absolute Gasteiger partial charge is 0.387 e. The van der Waals surface area contributed by atoms with Gasteiger partial charge in [-0.15, -0.1) is 0 Å². The standard InChI is InChI=1S/C20H26O3S/c1-19(2,3)24(22,23)20(4,15-16-11-7-5-8-12-16)18(21)17-13-9-6-10-14-17/h5-14,18,21H,15H2,1-4H3/t18-,20-/m0/s1. The lowest BCUT2D eigenvalue weighted by atomic mass is 9.90. The predicted molar refractivity (Wildman–Crippen MR) is 98.6 cm³/mol. The Hall–Kier alpha value is -1.65. The molecule has 1 N–H and O–H groups in total. The third-order valence-corrected chi connectivity index (χ3v) is 7.72. The molecule has 2 rings (SSSR count). The summed E-state index contributed by atoms with van der Waals surface area (Å²) < 4.78 is 24.4. The number of sulfone groups is 1. The number of benzene rings is 2. The number of hydrogen-bond donors (Lipinski definition) is 1. The molecular formula is C20H26O3S. The number of hydrogen-bond acceptors (Lipinski definition) is 3. The van der Waals surface area contributed by atoms with Crippen LogP contribution in [0.4, 0.5) is 0 Å². The van der Waals surface area contributed by atoms with Crippen molar-refractivity contribution in [3.63, 3.8) is 0 Å². The van der Waals surface area contributed by atoms with Gasteiger partial charge in [0.2, 0.25) is 0 Å². The zero-order valence-corrected chi connectivity index (χ0v) is 15.5. The van der Waals surface area contributed by atoms with Crippen molar-refractivity contribution in [2.75, 3.05) is 0 Å². The van der Waals surface area contributed by atoms with Crippen molar-refractivity contribution in [3.05, 3.63) is 71.8 Å². The maximum absolute atomic E-state index is 13.3. The van der Waals surface area contributed by atoms with Crippen molar-refractivity contribution in [1.29, 1.82) is 0 Å². The predicted octanol–water partition coefficient (Wildman–Crippen LogP) is 3.93. The minimum absolute atomic E-state index is 0.253. The van der Waals surface area contributed by atoms with Gasteiger partial charge >= 0.3 is 0 Å². The van der Waals surface area contributed by atoms with E-state index in [0.29, 0.717) is 5.56 Å². The summed E-state index contributed by atoms with van der Waals surface area (Å²) in [5, 5.41) is 11.0. The first-order valence-electron chi connectivity index (χ1n) is 8.11. The van der Waals surface area contributed by atoms with Gasteiger partial charge in [0.1, 0.15) is 4.75 Å². The molecule has 0 aromatic heterocycles. The minimum Gasteiger partial charge on any atom is -0.387 e. The number of rotatable bonds is 5. The summed E-state index contributed by atoms with van der Waals surface area (Å²) in [4.78, 5) is 0.